The van der Waals surface area contributed by atoms with Gasteiger partial charge < -0.3 is 9.80 Å². The number of aryl methyl sites for hydroxylation is 1. The zero-order valence-corrected chi connectivity index (χ0v) is 17.5. The van der Waals surface area contributed by atoms with Crippen molar-refractivity contribution in [3.05, 3.63) is 75.8 Å². The van der Waals surface area contributed by atoms with Gasteiger partial charge in [-0.15, -0.1) is 10.2 Å². The maximum Gasteiger partial charge on any atom is 0.253 e. The van der Waals surface area contributed by atoms with Crippen LogP contribution in [0.2, 0.25) is 10.0 Å². The zero-order chi connectivity index (χ0) is 20.4. The largest absolute Gasteiger partial charge is 0.352 e. The molecule has 0 N–H and O–H groups in total. The molecule has 7 heteroatoms. The lowest BCUT2D eigenvalue weighted by atomic mass is 10.1. The number of benzene rings is 2. The lowest BCUT2D eigenvalue weighted by molar-refractivity contribution is 0.0746. The number of rotatable bonds is 3. The SMILES string of the molecule is Cc1cccc(C(=O)N2CCN(c3ccc(-c4ccc(Cl)cc4Cl)nn3)CC2)c1. The first-order valence-electron chi connectivity index (χ1n) is 9.41. The molecule has 3 aromatic rings. The van der Waals surface area contributed by atoms with E-state index in [2.05, 4.69) is 15.1 Å². The number of amides is 1. The number of carbonyl (C=O) groups is 1. The number of aromatic nitrogens is 2. The number of nitrogens with zero attached hydrogens (tertiary/aromatic N) is 4. The summed E-state index contributed by atoms with van der Waals surface area (Å²) in [6.45, 7) is 4.73. The normalized spacial score (nSPS) is 14.2. The van der Waals surface area contributed by atoms with Crippen LogP contribution < -0.4 is 4.90 Å². The highest BCUT2D eigenvalue weighted by molar-refractivity contribution is 6.36. The van der Waals surface area contributed by atoms with Gasteiger partial charge in [-0.05, 0) is 49.4 Å². The fourth-order valence-corrected chi connectivity index (χ4v) is 3.94. The van der Waals surface area contributed by atoms with Crippen LogP contribution in [0.5, 0.6) is 0 Å². The molecule has 1 aromatic heterocycles. The van der Waals surface area contributed by atoms with E-state index in [1.807, 2.05) is 54.3 Å². The monoisotopic (exact) mass is 426 g/mol. The predicted octanol–water partition coefficient (Wildman–Crippen LogP) is 4.72. The highest BCUT2D eigenvalue weighted by atomic mass is 35.5. The van der Waals surface area contributed by atoms with Crippen molar-refractivity contribution in [3.8, 4) is 11.3 Å². The molecular weight excluding hydrogens is 407 g/mol. The van der Waals surface area contributed by atoms with Crippen molar-refractivity contribution in [3.63, 3.8) is 0 Å². The average molecular weight is 427 g/mol. The minimum atomic E-state index is 0.0761. The third kappa shape index (κ3) is 4.36. The first-order chi connectivity index (χ1) is 14.0. The van der Waals surface area contributed by atoms with Gasteiger partial charge in [-0.3, -0.25) is 4.79 Å². The summed E-state index contributed by atoms with van der Waals surface area (Å²) in [5.41, 5.74) is 3.32. The van der Waals surface area contributed by atoms with E-state index < -0.39 is 0 Å². The van der Waals surface area contributed by atoms with E-state index in [1.54, 1.807) is 12.1 Å². The van der Waals surface area contributed by atoms with Crippen LogP contribution in [0.15, 0.2) is 54.6 Å². The van der Waals surface area contributed by atoms with E-state index in [0.717, 1.165) is 22.5 Å². The van der Waals surface area contributed by atoms with Crippen molar-refractivity contribution in [1.82, 2.24) is 15.1 Å². The number of hydrogen-bond acceptors (Lipinski definition) is 4. The van der Waals surface area contributed by atoms with Crippen LogP contribution in [-0.4, -0.2) is 47.2 Å². The molecule has 29 heavy (non-hydrogen) atoms. The Labute approximate surface area is 179 Å². The van der Waals surface area contributed by atoms with E-state index in [4.69, 9.17) is 23.2 Å². The molecule has 0 saturated carbocycles. The minimum Gasteiger partial charge on any atom is -0.352 e. The lowest BCUT2D eigenvalue weighted by Gasteiger charge is -2.35. The Kier molecular flexibility index (Phi) is 5.69. The Morgan fingerprint density at radius 2 is 1.72 bits per heavy atom. The highest BCUT2D eigenvalue weighted by Gasteiger charge is 2.23. The second-order valence-corrected chi connectivity index (χ2v) is 7.89. The van der Waals surface area contributed by atoms with E-state index in [0.29, 0.717) is 41.9 Å². The Hall–Kier alpha value is -2.63. The van der Waals surface area contributed by atoms with E-state index in [9.17, 15) is 4.79 Å². The summed E-state index contributed by atoms with van der Waals surface area (Å²) in [7, 11) is 0. The van der Waals surface area contributed by atoms with Gasteiger partial charge in [0.1, 0.15) is 0 Å². The lowest BCUT2D eigenvalue weighted by Crippen LogP contribution is -2.49. The third-order valence-corrected chi connectivity index (χ3v) is 5.56. The van der Waals surface area contributed by atoms with E-state index in [-0.39, 0.29) is 5.91 Å². The van der Waals surface area contributed by atoms with Crippen LogP contribution in [0, 0.1) is 6.92 Å². The molecule has 5 nitrogen and oxygen atoms in total. The summed E-state index contributed by atoms with van der Waals surface area (Å²) in [5, 5.41) is 9.82. The van der Waals surface area contributed by atoms with Gasteiger partial charge in [0.2, 0.25) is 0 Å². The van der Waals surface area contributed by atoms with Crippen LogP contribution in [0.1, 0.15) is 15.9 Å². The average Bonchev–Trinajstić information content (AvgIpc) is 2.74. The zero-order valence-electron chi connectivity index (χ0n) is 16.0. The van der Waals surface area contributed by atoms with Crippen LogP contribution >= 0.6 is 23.2 Å². The fraction of sp³-hybridized carbons (Fsp3) is 0.227. The van der Waals surface area contributed by atoms with Crippen LogP contribution in [0.4, 0.5) is 5.82 Å². The number of piperazine rings is 1. The first-order valence-corrected chi connectivity index (χ1v) is 10.2. The van der Waals surface area contributed by atoms with Gasteiger partial charge >= 0.3 is 0 Å². The predicted molar refractivity (Wildman–Crippen MR) is 117 cm³/mol. The van der Waals surface area contributed by atoms with Crippen molar-refractivity contribution in [2.24, 2.45) is 0 Å². The summed E-state index contributed by atoms with van der Waals surface area (Å²) >= 11 is 12.2. The summed E-state index contributed by atoms with van der Waals surface area (Å²) in [4.78, 5) is 16.7. The number of carbonyl (C=O) groups excluding carboxylic acids is 1. The standard InChI is InChI=1S/C22H20Cl2N4O/c1-15-3-2-4-16(13-15)22(29)28-11-9-27(10-12-28)21-8-7-20(25-26-21)18-6-5-17(23)14-19(18)24/h2-8,13-14H,9-12H2,1H3. The second-order valence-electron chi connectivity index (χ2n) is 7.05. The molecule has 1 amide bonds. The summed E-state index contributed by atoms with van der Waals surface area (Å²) < 4.78 is 0. The molecule has 0 unspecified atom stereocenters. The Bertz CT molecular complexity index is 1030. The molecule has 148 valence electrons. The Morgan fingerprint density at radius 3 is 2.38 bits per heavy atom. The van der Waals surface area contributed by atoms with Gasteiger partial charge in [0.05, 0.1) is 10.7 Å². The molecule has 0 radical (unpaired) electrons. The summed E-state index contributed by atoms with van der Waals surface area (Å²) in [6, 6.07) is 16.9. The molecule has 1 fully saturated rings. The molecule has 1 aliphatic rings. The Balaban J connectivity index is 1.41. The van der Waals surface area contributed by atoms with Crippen LogP contribution in [-0.2, 0) is 0 Å². The van der Waals surface area contributed by atoms with Crippen molar-refractivity contribution in [1.29, 1.82) is 0 Å². The topological polar surface area (TPSA) is 49.3 Å². The van der Waals surface area contributed by atoms with Gasteiger partial charge in [-0.25, -0.2) is 0 Å². The van der Waals surface area contributed by atoms with Crippen molar-refractivity contribution < 1.29 is 4.79 Å². The molecule has 1 saturated heterocycles. The maximum absolute atomic E-state index is 12.7. The summed E-state index contributed by atoms with van der Waals surface area (Å²) in [6.07, 6.45) is 0. The van der Waals surface area contributed by atoms with Gasteiger partial charge in [-0.2, -0.15) is 0 Å². The maximum atomic E-state index is 12.7. The van der Waals surface area contributed by atoms with Crippen molar-refractivity contribution in [2.75, 3.05) is 31.1 Å². The third-order valence-electron chi connectivity index (χ3n) is 5.01. The quantitative estimate of drug-likeness (QED) is 0.607. The molecule has 0 aliphatic carbocycles. The first kappa shape index (κ1) is 19.7. The molecule has 4 rings (SSSR count). The van der Waals surface area contributed by atoms with E-state index in [1.165, 1.54) is 0 Å². The van der Waals surface area contributed by atoms with Gasteiger partial charge in [0.15, 0.2) is 5.82 Å². The molecule has 2 heterocycles. The minimum absolute atomic E-state index is 0.0761. The summed E-state index contributed by atoms with van der Waals surface area (Å²) in [5.74, 6) is 0.869. The highest BCUT2D eigenvalue weighted by Crippen LogP contribution is 2.29. The molecular formula is C22H20Cl2N4O. The van der Waals surface area contributed by atoms with Crippen LogP contribution in [0.3, 0.4) is 0 Å². The number of hydrogen-bond donors (Lipinski definition) is 0. The molecule has 0 bridgehead atoms. The molecule has 1 aliphatic heterocycles. The molecule has 0 spiro atoms. The van der Waals surface area contributed by atoms with Crippen LogP contribution in [0.25, 0.3) is 11.3 Å². The molecule has 0 atom stereocenters. The fourth-order valence-electron chi connectivity index (χ4n) is 3.43. The van der Waals surface area contributed by atoms with Gasteiger partial charge in [0, 0.05) is 42.3 Å². The van der Waals surface area contributed by atoms with Crippen molar-refractivity contribution >= 4 is 34.9 Å². The van der Waals surface area contributed by atoms with Gasteiger partial charge in [-0.1, -0.05) is 40.9 Å². The van der Waals surface area contributed by atoms with Gasteiger partial charge in [0.25, 0.3) is 5.91 Å². The van der Waals surface area contributed by atoms with E-state index >= 15 is 0 Å². The Morgan fingerprint density at radius 1 is 0.931 bits per heavy atom. The molecule has 2 aromatic carbocycles. The number of halogens is 2. The number of anilines is 1. The smallest absolute Gasteiger partial charge is 0.253 e. The van der Waals surface area contributed by atoms with Crippen molar-refractivity contribution in [2.45, 2.75) is 6.92 Å². The second kappa shape index (κ2) is 8.39.